The highest BCUT2D eigenvalue weighted by Crippen LogP contribution is 2.70. The molecular formula is C28H48O10S. The second-order valence-corrected chi connectivity index (χ2v) is 15.1. The number of aliphatic hydroxyl groups is 6. The second kappa shape index (κ2) is 9.98. The van der Waals surface area contributed by atoms with Crippen molar-refractivity contribution < 1.29 is 47.8 Å². The van der Waals surface area contributed by atoms with E-state index in [1.54, 1.807) is 13.0 Å². The van der Waals surface area contributed by atoms with Crippen LogP contribution in [0.25, 0.3) is 0 Å². The third-order valence-electron chi connectivity index (χ3n) is 11.7. The summed E-state index contributed by atoms with van der Waals surface area (Å²) >= 11 is 0. The van der Waals surface area contributed by atoms with Gasteiger partial charge in [-0.2, -0.15) is 8.42 Å². The molecule has 39 heavy (non-hydrogen) atoms. The monoisotopic (exact) mass is 576 g/mol. The van der Waals surface area contributed by atoms with Crippen LogP contribution in [0, 0.1) is 40.4 Å². The van der Waals surface area contributed by atoms with E-state index in [4.69, 9.17) is 4.55 Å². The normalized spacial score (nSPS) is 49.5. The van der Waals surface area contributed by atoms with Crippen LogP contribution in [-0.4, -0.2) is 85.3 Å². The SMILES string of the molecule is CC(/C=C/[C@@H](C)[C@H]1C[C@H](O)[C@@H]2[C@]1(C)CCC1[C@@]2(O)C[C@@H](O)[C@@]2(O)C[C@@H](O)CC[C@]12C)C(C)(O)COS(=O)(=O)O. The Balaban J connectivity index is 1.57. The first kappa shape index (κ1) is 31.3. The van der Waals surface area contributed by atoms with Crippen molar-refractivity contribution in [2.75, 3.05) is 6.61 Å². The Kier molecular flexibility index (Phi) is 8.01. The fourth-order valence-corrected chi connectivity index (χ4v) is 9.70. The molecule has 4 aliphatic rings. The van der Waals surface area contributed by atoms with E-state index in [-0.39, 0.29) is 30.6 Å². The minimum absolute atomic E-state index is 0.0103. The summed E-state index contributed by atoms with van der Waals surface area (Å²) in [5.41, 5.74) is -5.68. The second-order valence-electron chi connectivity index (χ2n) is 14.0. The van der Waals surface area contributed by atoms with Crippen molar-refractivity contribution in [3.05, 3.63) is 12.2 Å². The number of allylic oxidation sites excluding steroid dienone is 1. The molecular weight excluding hydrogens is 528 g/mol. The van der Waals surface area contributed by atoms with Gasteiger partial charge < -0.3 is 30.6 Å². The maximum atomic E-state index is 12.4. The van der Waals surface area contributed by atoms with Gasteiger partial charge in [0.15, 0.2) is 0 Å². The standard InChI is InChI=1S/C28H48O10S/c1-16(6-7-17(2)26(5,32)15-38-39(35,36)37)19-12-20(30)23-24(19,3)10-9-21-25(4)11-8-18(29)13-28(25,34)22(31)14-27(21,23)33/h6-7,16-23,29-34H,8-15H2,1-5H3,(H,35,36,37)/b7-6+/t16-,17?,18+,19-,20+,21?,22-,23-,24-,25-,26?,27+,28+/m1/s1. The molecule has 0 radical (unpaired) electrons. The predicted molar refractivity (Wildman–Crippen MR) is 143 cm³/mol. The van der Waals surface area contributed by atoms with Crippen molar-refractivity contribution in [3.8, 4) is 0 Å². The molecule has 0 spiro atoms. The van der Waals surface area contributed by atoms with Gasteiger partial charge in [-0.05, 0) is 62.2 Å². The molecule has 0 aromatic heterocycles. The van der Waals surface area contributed by atoms with Crippen molar-refractivity contribution >= 4 is 10.4 Å². The van der Waals surface area contributed by atoms with E-state index in [9.17, 15) is 39.1 Å². The van der Waals surface area contributed by atoms with E-state index in [1.807, 2.05) is 19.9 Å². The van der Waals surface area contributed by atoms with E-state index < -0.39 is 74.8 Å². The van der Waals surface area contributed by atoms with Crippen LogP contribution in [0.2, 0.25) is 0 Å². The first-order valence-corrected chi connectivity index (χ1v) is 15.6. The van der Waals surface area contributed by atoms with E-state index in [1.165, 1.54) is 6.92 Å². The van der Waals surface area contributed by atoms with Crippen LogP contribution in [0.5, 0.6) is 0 Å². The average Bonchev–Trinajstić information content (AvgIpc) is 3.09. The smallest absolute Gasteiger partial charge is 0.393 e. The maximum Gasteiger partial charge on any atom is 0.397 e. The Bertz CT molecular complexity index is 1060. The van der Waals surface area contributed by atoms with Crippen LogP contribution >= 0.6 is 0 Å². The molecule has 226 valence electrons. The van der Waals surface area contributed by atoms with Gasteiger partial charge in [-0.1, -0.05) is 39.8 Å². The summed E-state index contributed by atoms with van der Waals surface area (Å²) in [6.07, 6.45) is 3.78. The van der Waals surface area contributed by atoms with Crippen LogP contribution in [0.3, 0.4) is 0 Å². The highest BCUT2D eigenvalue weighted by molar-refractivity contribution is 7.80. The Morgan fingerprint density at radius 2 is 1.69 bits per heavy atom. The van der Waals surface area contributed by atoms with Crippen molar-refractivity contribution in [1.82, 2.24) is 0 Å². The molecule has 11 heteroatoms. The molecule has 0 aliphatic heterocycles. The largest absolute Gasteiger partial charge is 0.397 e. The molecule has 0 aromatic rings. The summed E-state index contributed by atoms with van der Waals surface area (Å²) in [6, 6.07) is 0. The first-order chi connectivity index (χ1) is 17.7. The molecule has 4 saturated carbocycles. The fraction of sp³-hybridized carbons (Fsp3) is 0.929. The zero-order chi connectivity index (χ0) is 29.4. The molecule has 0 heterocycles. The van der Waals surface area contributed by atoms with Gasteiger partial charge in [0.25, 0.3) is 0 Å². The molecule has 0 saturated heterocycles. The molecule has 13 atom stereocenters. The maximum absolute atomic E-state index is 12.4. The summed E-state index contributed by atoms with van der Waals surface area (Å²) < 4.78 is 35.1. The summed E-state index contributed by atoms with van der Waals surface area (Å²) in [6.45, 7) is 8.56. The Morgan fingerprint density at radius 1 is 1.05 bits per heavy atom. The summed E-state index contributed by atoms with van der Waals surface area (Å²) in [4.78, 5) is 0. The lowest BCUT2D eigenvalue weighted by molar-refractivity contribution is -0.315. The predicted octanol–water partition coefficient (Wildman–Crippen LogP) is 1.58. The number of aliphatic hydroxyl groups excluding tert-OH is 3. The van der Waals surface area contributed by atoms with Gasteiger partial charge in [-0.3, -0.25) is 4.55 Å². The van der Waals surface area contributed by atoms with E-state index in [2.05, 4.69) is 11.1 Å². The highest BCUT2D eigenvalue weighted by Gasteiger charge is 2.74. The van der Waals surface area contributed by atoms with Crippen LogP contribution in [0.1, 0.15) is 79.6 Å². The number of hydrogen-bond acceptors (Lipinski definition) is 9. The van der Waals surface area contributed by atoms with E-state index in [0.717, 1.165) is 6.42 Å². The Labute approximate surface area is 232 Å². The summed E-state index contributed by atoms with van der Waals surface area (Å²) in [5.74, 6) is -1.41. The van der Waals surface area contributed by atoms with Crippen molar-refractivity contribution in [3.63, 3.8) is 0 Å². The lowest BCUT2D eigenvalue weighted by Crippen LogP contribution is -2.75. The molecule has 7 N–H and O–H groups in total. The van der Waals surface area contributed by atoms with Crippen molar-refractivity contribution in [2.45, 2.75) is 115 Å². The zero-order valence-electron chi connectivity index (χ0n) is 23.7. The Morgan fingerprint density at radius 3 is 2.31 bits per heavy atom. The minimum Gasteiger partial charge on any atom is -0.393 e. The van der Waals surface area contributed by atoms with Crippen molar-refractivity contribution in [1.29, 1.82) is 0 Å². The Hall–Kier alpha value is -0.630. The van der Waals surface area contributed by atoms with Crippen molar-refractivity contribution in [2.24, 2.45) is 40.4 Å². The van der Waals surface area contributed by atoms with Gasteiger partial charge >= 0.3 is 10.4 Å². The van der Waals surface area contributed by atoms with Crippen LogP contribution < -0.4 is 0 Å². The lowest BCUT2D eigenvalue weighted by atomic mass is 9.40. The molecule has 0 amide bonds. The van der Waals surface area contributed by atoms with Crippen LogP contribution in [0.15, 0.2) is 12.2 Å². The molecule has 4 rings (SSSR count). The highest BCUT2D eigenvalue weighted by atomic mass is 32.3. The lowest BCUT2D eigenvalue weighted by Gasteiger charge is -2.68. The molecule has 0 aromatic carbocycles. The molecule has 3 unspecified atom stereocenters. The average molecular weight is 577 g/mol. The van der Waals surface area contributed by atoms with Crippen LogP contribution in [-0.2, 0) is 14.6 Å². The van der Waals surface area contributed by atoms with Gasteiger partial charge in [0.05, 0.1) is 41.7 Å². The molecule has 4 fully saturated rings. The van der Waals surface area contributed by atoms with Gasteiger partial charge in [-0.15, -0.1) is 0 Å². The van der Waals surface area contributed by atoms with Gasteiger partial charge in [0.1, 0.15) is 0 Å². The zero-order valence-corrected chi connectivity index (χ0v) is 24.5. The van der Waals surface area contributed by atoms with Gasteiger partial charge in [0.2, 0.25) is 0 Å². The topological polar surface area (TPSA) is 185 Å². The number of fused-ring (bicyclic) bond motifs is 5. The number of rotatable bonds is 7. The molecule has 4 aliphatic carbocycles. The molecule has 0 bridgehead atoms. The first-order valence-electron chi connectivity index (χ1n) is 14.2. The van der Waals surface area contributed by atoms with Crippen LogP contribution in [0.4, 0.5) is 0 Å². The van der Waals surface area contributed by atoms with E-state index in [0.29, 0.717) is 25.7 Å². The third kappa shape index (κ3) is 5.03. The number of hydrogen-bond donors (Lipinski definition) is 7. The molecule has 10 nitrogen and oxygen atoms in total. The third-order valence-corrected chi connectivity index (χ3v) is 12.2. The quantitative estimate of drug-likeness (QED) is 0.173. The fourth-order valence-electron chi connectivity index (χ4n) is 9.31. The summed E-state index contributed by atoms with van der Waals surface area (Å²) in [5, 5.41) is 67.7. The van der Waals surface area contributed by atoms with Gasteiger partial charge in [0, 0.05) is 30.1 Å². The minimum atomic E-state index is -4.68. The van der Waals surface area contributed by atoms with E-state index >= 15 is 0 Å². The summed E-state index contributed by atoms with van der Waals surface area (Å²) in [7, 11) is -4.68. The van der Waals surface area contributed by atoms with Gasteiger partial charge in [-0.25, -0.2) is 4.18 Å².